The lowest BCUT2D eigenvalue weighted by Gasteiger charge is -2.19. The van der Waals surface area contributed by atoms with Gasteiger partial charge in [-0.25, -0.2) is 0 Å². The second-order valence-electron chi connectivity index (χ2n) is 4.44. The quantitative estimate of drug-likeness (QED) is 0.320. The van der Waals surface area contributed by atoms with Gasteiger partial charge < -0.3 is 21.4 Å². The first kappa shape index (κ1) is 16.4. The molecule has 0 heterocycles. The van der Waals surface area contributed by atoms with Gasteiger partial charge in [0.2, 0.25) is 0 Å². The lowest BCUT2D eigenvalue weighted by Crippen LogP contribution is -2.63. The molecular weight excluding hydrogens is 232 g/mol. The number of nitrogens with zero attached hydrogens (tertiary/aromatic N) is 1. The molecule has 1 aliphatic rings. The van der Waals surface area contributed by atoms with Gasteiger partial charge in [0.1, 0.15) is 0 Å². The molecule has 0 atom stereocenters. The maximum Gasteiger partial charge on any atom is 0.256 e. The Morgan fingerprint density at radius 2 is 1.94 bits per heavy atom. The molecule has 0 aromatic carbocycles. The molecule has 0 bridgehead atoms. The van der Waals surface area contributed by atoms with Crippen molar-refractivity contribution in [1.82, 2.24) is 0 Å². The SMILES string of the molecule is CC(=O)[O-].NC(N)=N[NH+]=CCCC1CCCCC1. The summed E-state index contributed by atoms with van der Waals surface area (Å²) in [4.78, 5) is 8.89. The molecule has 1 aliphatic carbocycles. The molecule has 1 saturated carbocycles. The van der Waals surface area contributed by atoms with Crippen LogP contribution in [0.2, 0.25) is 0 Å². The smallest absolute Gasteiger partial charge is 0.256 e. The normalized spacial score (nSPS) is 15.8. The molecule has 6 nitrogen and oxygen atoms in total. The molecule has 5 N–H and O–H groups in total. The van der Waals surface area contributed by atoms with Gasteiger partial charge in [-0.1, -0.05) is 32.1 Å². The van der Waals surface area contributed by atoms with Crippen molar-refractivity contribution in [3.63, 3.8) is 0 Å². The monoisotopic (exact) mass is 256 g/mol. The maximum absolute atomic E-state index is 8.89. The molecule has 1 fully saturated rings. The molecule has 6 heteroatoms. The summed E-state index contributed by atoms with van der Waals surface area (Å²) in [6.07, 6.45) is 11.3. The molecule has 0 amide bonds. The zero-order chi connectivity index (χ0) is 13.8. The third kappa shape index (κ3) is 12.5. The Labute approximate surface area is 108 Å². The van der Waals surface area contributed by atoms with E-state index in [1.165, 1.54) is 38.5 Å². The number of hydrazone groups is 1. The third-order valence-corrected chi connectivity index (χ3v) is 2.73. The number of carboxylic acid groups (broad SMARTS) is 1. The van der Waals surface area contributed by atoms with Crippen LogP contribution in [-0.2, 0) is 4.79 Å². The number of guanidine groups is 1. The maximum atomic E-state index is 8.89. The fraction of sp³-hybridized carbons (Fsp3) is 0.750. The summed E-state index contributed by atoms with van der Waals surface area (Å²) in [5, 5.41) is 15.3. The Kier molecular flexibility index (Phi) is 9.62. The number of nitrogens with one attached hydrogen (secondary N) is 1. The molecule has 0 aromatic heterocycles. The van der Waals surface area contributed by atoms with Crippen molar-refractivity contribution in [3.05, 3.63) is 0 Å². The van der Waals surface area contributed by atoms with Gasteiger partial charge in [0, 0.05) is 17.5 Å². The van der Waals surface area contributed by atoms with Gasteiger partial charge in [-0.05, 0) is 19.3 Å². The standard InChI is InChI=1S/C10H20N4.C2H4O2/c11-10(12)14-13-8-4-7-9-5-2-1-3-6-9;1-2(3)4/h8-9H,1-7H2,(H4,11,12,14);1H3,(H,3,4). The first-order chi connectivity index (χ1) is 8.52. The number of nitrogens with two attached hydrogens (primary N) is 2. The Hall–Kier alpha value is -1.59. The second kappa shape index (κ2) is 10.6. The summed E-state index contributed by atoms with van der Waals surface area (Å²) < 4.78 is 0. The summed E-state index contributed by atoms with van der Waals surface area (Å²) in [5.74, 6) is -0.0834. The molecule has 0 aromatic rings. The summed E-state index contributed by atoms with van der Waals surface area (Å²) in [5.41, 5.74) is 10.3. The zero-order valence-electron chi connectivity index (χ0n) is 11.0. The van der Waals surface area contributed by atoms with E-state index in [0.717, 1.165) is 19.3 Å². The summed E-state index contributed by atoms with van der Waals surface area (Å²) in [6.45, 7) is 0.972. The highest BCUT2D eigenvalue weighted by atomic mass is 16.4. The van der Waals surface area contributed by atoms with Gasteiger partial charge in [-0.2, -0.15) is 0 Å². The van der Waals surface area contributed by atoms with Crippen molar-refractivity contribution >= 4 is 18.1 Å². The van der Waals surface area contributed by atoms with E-state index in [9.17, 15) is 0 Å². The van der Waals surface area contributed by atoms with Crippen molar-refractivity contribution in [2.45, 2.75) is 51.9 Å². The van der Waals surface area contributed by atoms with Crippen molar-refractivity contribution in [3.8, 4) is 0 Å². The largest absolute Gasteiger partial charge is 0.550 e. The average molecular weight is 256 g/mol. The molecule has 0 spiro atoms. The van der Waals surface area contributed by atoms with E-state index < -0.39 is 5.97 Å². The van der Waals surface area contributed by atoms with Crippen LogP contribution in [0.5, 0.6) is 0 Å². The molecule has 18 heavy (non-hydrogen) atoms. The fourth-order valence-electron chi connectivity index (χ4n) is 1.98. The van der Waals surface area contributed by atoms with Gasteiger partial charge in [0.05, 0.1) is 0 Å². The van der Waals surface area contributed by atoms with E-state index in [1.807, 2.05) is 6.21 Å². The van der Waals surface area contributed by atoms with Gasteiger partial charge in [0.25, 0.3) is 5.96 Å². The number of hydrogen-bond donors (Lipinski definition) is 3. The van der Waals surface area contributed by atoms with Crippen molar-refractivity contribution in [2.75, 3.05) is 0 Å². The minimum atomic E-state index is -1.08. The summed E-state index contributed by atoms with van der Waals surface area (Å²) in [7, 11) is 0. The summed E-state index contributed by atoms with van der Waals surface area (Å²) in [6, 6.07) is 0. The van der Waals surface area contributed by atoms with Gasteiger partial charge in [-0.15, -0.1) is 5.10 Å². The van der Waals surface area contributed by atoms with Crippen LogP contribution in [0, 0.1) is 5.92 Å². The molecule has 0 saturated heterocycles. The van der Waals surface area contributed by atoms with E-state index in [-0.39, 0.29) is 5.96 Å². The minimum absolute atomic E-state index is 0.0823. The molecule has 0 unspecified atom stereocenters. The minimum Gasteiger partial charge on any atom is -0.550 e. The average Bonchev–Trinajstić information content (AvgIpc) is 2.29. The zero-order valence-corrected chi connectivity index (χ0v) is 11.0. The highest BCUT2D eigenvalue weighted by Gasteiger charge is 2.12. The third-order valence-electron chi connectivity index (χ3n) is 2.73. The Bertz CT molecular complexity index is 276. The van der Waals surface area contributed by atoms with Gasteiger partial charge in [0.15, 0.2) is 6.21 Å². The van der Waals surface area contributed by atoms with Crippen LogP contribution in [0.25, 0.3) is 0 Å². The number of aliphatic carboxylic acids is 1. The lowest BCUT2D eigenvalue weighted by molar-refractivity contribution is -0.458. The Morgan fingerprint density at radius 3 is 2.44 bits per heavy atom. The molecule has 104 valence electrons. The van der Waals surface area contributed by atoms with Crippen LogP contribution >= 0.6 is 0 Å². The predicted octanol–water partition coefficient (Wildman–Crippen LogP) is -1.56. The van der Waals surface area contributed by atoms with Crippen molar-refractivity contribution < 1.29 is 15.0 Å². The number of carbonyl (C=O) groups is 1. The number of carbonyl (C=O) groups excluding carboxylic acids is 1. The first-order valence-corrected chi connectivity index (χ1v) is 6.35. The highest BCUT2D eigenvalue weighted by molar-refractivity contribution is 5.74. The fourth-order valence-corrected chi connectivity index (χ4v) is 1.98. The summed E-state index contributed by atoms with van der Waals surface area (Å²) >= 11 is 0. The second-order valence-corrected chi connectivity index (χ2v) is 4.44. The first-order valence-electron chi connectivity index (χ1n) is 6.35. The van der Waals surface area contributed by atoms with Crippen LogP contribution in [0.1, 0.15) is 51.9 Å². The lowest BCUT2D eigenvalue weighted by atomic mass is 9.86. The Morgan fingerprint density at radius 1 is 1.39 bits per heavy atom. The van der Waals surface area contributed by atoms with Crippen LogP contribution in [0.4, 0.5) is 0 Å². The van der Waals surface area contributed by atoms with Crippen LogP contribution in [0.15, 0.2) is 5.10 Å². The van der Waals surface area contributed by atoms with Crippen molar-refractivity contribution in [1.29, 1.82) is 0 Å². The molecular formula is C12H24N4O2. The van der Waals surface area contributed by atoms with Crippen LogP contribution in [-0.4, -0.2) is 18.1 Å². The van der Waals surface area contributed by atoms with Crippen LogP contribution < -0.4 is 21.7 Å². The van der Waals surface area contributed by atoms with E-state index in [0.29, 0.717) is 0 Å². The molecule has 1 rings (SSSR count). The van der Waals surface area contributed by atoms with E-state index in [4.69, 9.17) is 21.4 Å². The molecule has 0 radical (unpaired) electrons. The molecule has 0 aliphatic heterocycles. The highest BCUT2D eigenvalue weighted by Crippen LogP contribution is 2.26. The van der Waals surface area contributed by atoms with Gasteiger partial charge in [-0.3, -0.25) is 0 Å². The van der Waals surface area contributed by atoms with E-state index >= 15 is 0 Å². The number of hydrogen-bond acceptors (Lipinski definition) is 3. The van der Waals surface area contributed by atoms with Gasteiger partial charge >= 0.3 is 0 Å². The number of rotatable bonds is 4. The van der Waals surface area contributed by atoms with E-state index in [1.54, 1.807) is 0 Å². The van der Waals surface area contributed by atoms with Crippen molar-refractivity contribution in [2.24, 2.45) is 22.5 Å². The van der Waals surface area contributed by atoms with E-state index in [2.05, 4.69) is 10.2 Å². The number of carboxylic acids is 1. The topological polar surface area (TPSA) is 118 Å². The predicted molar refractivity (Wildman–Crippen MR) is 69.3 cm³/mol. The van der Waals surface area contributed by atoms with Crippen LogP contribution in [0.3, 0.4) is 0 Å². The Balaban J connectivity index is 0.000000631.